The maximum Gasteiger partial charge on any atom is 0.256 e. The number of aryl methyl sites for hydroxylation is 1. The Balaban J connectivity index is 1.49. The summed E-state index contributed by atoms with van der Waals surface area (Å²) in [5.74, 6) is -0.432. The van der Waals surface area contributed by atoms with Gasteiger partial charge in [-0.3, -0.25) is 14.5 Å². The Morgan fingerprint density at radius 1 is 0.939 bits per heavy atom. The van der Waals surface area contributed by atoms with Crippen molar-refractivity contribution in [2.45, 2.75) is 25.3 Å². The minimum Gasteiger partial charge on any atom is -0.336 e. The molecule has 3 aromatic rings. The highest BCUT2D eigenvalue weighted by Crippen LogP contribution is 2.28. The fourth-order valence-electron chi connectivity index (χ4n) is 3.92. The molecule has 1 aliphatic heterocycles. The van der Waals surface area contributed by atoms with E-state index in [-0.39, 0.29) is 18.2 Å². The van der Waals surface area contributed by atoms with Crippen LogP contribution in [0.1, 0.15) is 18.4 Å². The van der Waals surface area contributed by atoms with Gasteiger partial charge in [0.25, 0.3) is 5.91 Å². The van der Waals surface area contributed by atoms with E-state index in [0.717, 1.165) is 12.8 Å². The fourth-order valence-corrected chi connectivity index (χ4v) is 4.46. The third kappa shape index (κ3) is 5.59. The molecule has 1 aliphatic rings. The molecule has 1 heterocycles. The van der Waals surface area contributed by atoms with Crippen LogP contribution in [0.2, 0.25) is 5.02 Å². The third-order valence-corrected chi connectivity index (χ3v) is 6.22. The van der Waals surface area contributed by atoms with E-state index in [1.807, 2.05) is 53.4 Å². The molecule has 1 saturated heterocycles. The van der Waals surface area contributed by atoms with Crippen LogP contribution < -0.4 is 10.2 Å². The number of thiocarbonyl (C=S) groups is 1. The Morgan fingerprint density at radius 3 is 2.24 bits per heavy atom. The summed E-state index contributed by atoms with van der Waals surface area (Å²) < 4.78 is 0. The Kier molecular flexibility index (Phi) is 7.37. The Morgan fingerprint density at radius 2 is 1.58 bits per heavy atom. The van der Waals surface area contributed by atoms with Crippen LogP contribution in [0.5, 0.6) is 0 Å². The zero-order valence-electron chi connectivity index (χ0n) is 18.0. The lowest BCUT2D eigenvalue weighted by Crippen LogP contribution is -2.38. The molecule has 7 heteroatoms. The van der Waals surface area contributed by atoms with Gasteiger partial charge in [-0.25, -0.2) is 0 Å². The summed E-state index contributed by atoms with van der Waals surface area (Å²) >= 11 is 11.6. The molecule has 0 bridgehead atoms. The van der Waals surface area contributed by atoms with Crippen molar-refractivity contribution in [1.82, 2.24) is 4.90 Å². The molecule has 1 atom stereocenters. The second-order valence-corrected chi connectivity index (χ2v) is 8.65. The zero-order valence-corrected chi connectivity index (χ0v) is 19.6. The number of nitrogens with zero attached hydrogens (tertiary/aromatic N) is 2. The van der Waals surface area contributed by atoms with Crippen molar-refractivity contribution >= 4 is 52.1 Å². The second-order valence-electron chi connectivity index (χ2n) is 7.85. The quantitative estimate of drug-likeness (QED) is 0.447. The first kappa shape index (κ1) is 23.0. The van der Waals surface area contributed by atoms with Crippen LogP contribution in [-0.2, 0) is 16.0 Å². The van der Waals surface area contributed by atoms with Crippen LogP contribution in [0.15, 0.2) is 84.9 Å². The van der Waals surface area contributed by atoms with Gasteiger partial charge in [-0.15, -0.1) is 0 Å². The number of rotatable bonds is 8. The van der Waals surface area contributed by atoms with Crippen molar-refractivity contribution < 1.29 is 9.59 Å². The first-order valence-electron chi connectivity index (χ1n) is 10.8. The highest BCUT2D eigenvalue weighted by Gasteiger charge is 2.43. The van der Waals surface area contributed by atoms with Gasteiger partial charge in [-0.2, -0.15) is 0 Å². The lowest BCUT2D eigenvalue weighted by Gasteiger charge is -2.24. The molecule has 0 saturated carbocycles. The van der Waals surface area contributed by atoms with Crippen molar-refractivity contribution in [2.24, 2.45) is 0 Å². The Hall–Kier alpha value is -3.22. The highest BCUT2D eigenvalue weighted by molar-refractivity contribution is 7.80. The average Bonchev–Trinajstić information content (AvgIpc) is 3.05. The summed E-state index contributed by atoms with van der Waals surface area (Å²) in [5, 5.41) is 3.87. The van der Waals surface area contributed by atoms with Crippen LogP contribution in [0, 0.1) is 0 Å². The second kappa shape index (κ2) is 10.6. The summed E-state index contributed by atoms with van der Waals surface area (Å²) in [7, 11) is 0. The van der Waals surface area contributed by atoms with Gasteiger partial charge in [0, 0.05) is 17.3 Å². The van der Waals surface area contributed by atoms with Crippen LogP contribution in [0.3, 0.4) is 0 Å². The van der Waals surface area contributed by atoms with Crippen molar-refractivity contribution in [2.75, 3.05) is 16.8 Å². The molecule has 1 fully saturated rings. The summed E-state index contributed by atoms with van der Waals surface area (Å²) in [6, 6.07) is 25.7. The third-order valence-electron chi connectivity index (χ3n) is 5.55. The highest BCUT2D eigenvalue weighted by atomic mass is 35.5. The van der Waals surface area contributed by atoms with Gasteiger partial charge >= 0.3 is 0 Å². The van der Waals surface area contributed by atoms with Crippen LogP contribution in [-0.4, -0.2) is 34.4 Å². The molecule has 0 spiro atoms. The molecule has 1 unspecified atom stereocenters. The number of anilines is 2. The largest absolute Gasteiger partial charge is 0.336 e. The minimum atomic E-state index is -0.652. The predicted molar refractivity (Wildman–Crippen MR) is 136 cm³/mol. The van der Waals surface area contributed by atoms with Gasteiger partial charge in [-0.05, 0) is 67.0 Å². The van der Waals surface area contributed by atoms with E-state index in [1.54, 1.807) is 24.3 Å². The van der Waals surface area contributed by atoms with Crippen molar-refractivity contribution in [3.05, 3.63) is 95.5 Å². The van der Waals surface area contributed by atoms with Crippen LogP contribution in [0.4, 0.5) is 11.4 Å². The standard InChI is InChI=1S/C26H24ClN3O2S/c27-20-13-15-21(16-14-20)28-24(31)18-23-25(32)30(22-11-5-2-6-12-22)26(33)29(23)17-7-10-19-8-3-1-4-9-19/h1-6,8-9,11-16,23H,7,10,17-18H2,(H,28,31). The molecule has 0 radical (unpaired) electrons. The number of halogens is 1. The van der Waals surface area contributed by atoms with Gasteiger partial charge in [0.05, 0.1) is 12.1 Å². The van der Waals surface area contributed by atoms with Gasteiger partial charge in [0.15, 0.2) is 5.11 Å². The molecule has 0 aliphatic carbocycles. The topological polar surface area (TPSA) is 52.7 Å². The number of hydrogen-bond donors (Lipinski definition) is 1. The lowest BCUT2D eigenvalue weighted by molar-refractivity contribution is -0.124. The normalized spacial score (nSPS) is 15.7. The number of carbonyl (C=O) groups is 2. The number of hydrogen-bond acceptors (Lipinski definition) is 3. The van der Waals surface area contributed by atoms with Crippen molar-refractivity contribution in [3.8, 4) is 0 Å². The van der Waals surface area contributed by atoms with E-state index >= 15 is 0 Å². The molecule has 2 amide bonds. The van der Waals surface area contributed by atoms with E-state index in [4.69, 9.17) is 23.8 Å². The van der Waals surface area contributed by atoms with Gasteiger partial charge in [-0.1, -0.05) is 60.1 Å². The SMILES string of the molecule is O=C(CC1C(=O)N(c2ccccc2)C(=S)N1CCCc1ccccc1)Nc1ccc(Cl)cc1. The van der Waals surface area contributed by atoms with Gasteiger partial charge < -0.3 is 10.2 Å². The first-order valence-corrected chi connectivity index (χ1v) is 11.6. The summed E-state index contributed by atoms with van der Waals surface area (Å²) in [6.07, 6.45) is 1.69. The molecule has 33 heavy (non-hydrogen) atoms. The molecular weight excluding hydrogens is 454 g/mol. The molecule has 4 rings (SSSR count). The molecule has 0 aromatic heterocycles. The number of para-hydroxylation sites is 1. The number of amides is 2. The van der Waals surface area contributed by atoms with E-state index in [0.29, 0.717) is 28.1 Å². The van der Waals surface area contributed by atoms with Gasteiger partial charge in [0.2, 0.25) is 5.91 Å². The van der Waals surface area contributed by atoms with Crippen molar-refractivity contribution in [1.29, 1.82) is 0 Å². The number of carbonyl (C=O) groups excluding carboxylic acids is 2. The lowest BCUT2D eigenvalue weighted by atomic mass is 10.1. The maximum atomic E-state index is 13.4. The zero-order chi connectivity index (χ0) is 23.2. The van der Waals surface area contributed by atoms with Crippen molar-refractivity contribution in [3.63, 3.8) is 0 Å². The van der Waals surface area contributed by atoms with E-state index in [2.05, 4.69) is 17.4 Å². The minimum absolute atomic E-state index is 0.0102. The van der Waals surface area contributed by atoms with E-state index in [9.17, 15) is 9.59 Å². The van der Waals surface area contributed by atoms with Gasteiger partial charge in [0.1, 0.15) is 6.04 Å². The first-order chi connectivity index (χ1) is 16.0. The molecule has 1 N–H and O–H groups in total. The van der Waals surface area contributed by atoms with Crippen LogP contribution >= 0.6 is 23.8 Å². The smallest absolute Gasteiger partial charge is 0.256 e. The summed E-state index contributed by atoms with van der Waals surface area (Å²) in [5.41, 5.74) is 2.57. The summed E-state index contributed by atoms with van der Waals surface area (Å²) in [6.45, 7) is 0.585. The van der Waals surface area contributed by atoms with Crippen LogP contribution in [0.25, 0.3) is 0 Å². The average molecular weight is 478 g/mol. The fraction of sp³-hybridized carbons (Fsp3) is 0.192. The summed E-state index contributed by atoms with van der Waals surface area (Å²) in [4.78, 5) is 29.6. The molecule has 168 valence electrons. The molecular formula is C26H24ClN3O2S. The molecule has 3 aromatic carbocycles. The van der Waals surface area contributed by atoms with E-state index < -0.39 is 6.04 Å². The van der Waals surface area contributed by atoms with E-state index in [1.165, 1.54) is 10.5 Å². The number of benzene rings is 3. The Bertz CT molecular complexity index is 1120. The monoisotopic (exact) mass is 477 g/mol. The Labute approximate surface area is 204 Å². The maximum absolute atomic E-state index is 13.4. The molecule has 5 nitrogen and oxygen atoms in total. The number of nitrogens with one attached hydrogen (secondary N) is 1. The predicted octanol–water partition coefficient (Wildman–Crippen LogP) is 5.30.